The third-order valence-corrected chi connectivity index (χ3v) is 19.0. The number of halogens is 14. The van der Waals surface area contributed by atoms with E-state index >= 15 is 0 Å². The Morgan fingerprint density at radius 1 is 0.529 bits per heavy atom. The minimum atomic E-state index is -4.79. The van der Waals surface area contributed by atoms with Crippen LogP contribution in [-0.2, 0) is 74.7 Å². The summed E-state index contributed by atoms with van der Waals surface area (Å²) in [4.78, 5) is 86.1. The summed E-state index contributed by atoms with van der Waals surface area (Å²) < 4.78 is 171. The predicted molar refractivity (Wildman–Crippen MR) is 509 cm³/mol. The van der Waals surface area contributed by atoms with E-state index in [0.29, 0.717) is 95.7 Å². The van der Waals surface area contributed by atoms with Crippen molar-refractivity contribution in [2.24, 2.45) is 14.1 Å². The largest absolute Gasteiger partial charge is 0.573 e. The fourth-order valence-electron chi connectivity index (χ4n) is 10.4. The number of benzene rings is 3. The zero-order valence-electron chi connectivity index (χ0n) is 70.8. The number of rotatable bonds is 15. The molecule has 1 aliphatic rings. The van der Waals surface area contributed by atoms with Crippen molar-refractivity contribution >= 4 is 146 Å². The second kappa shape index (κ2) is 57.4. The van der Waals surface area contributed by atoms with Crippen LogP contribution in [0.1, 0.15) is 118 Å². The monoisotopic (exact) mass is 2280 g/mol. The molecule has 0 bridgehead atoms. The van der Waals surface area contributed by atoms with Crippen LogP contribution in [0, 0.1) is 45.7 Å². The summed E-state index contributed by atoms with van der Waals surface area (Å²) in [6.07, 6.45) is -0.219. The van der Waals surface area contributed by atoms with Crippen molar-refractivity contribution in [2.75, 3.05) is 25.6 Å². The van der Waals surface area contributed by atoms with E-state index < -0.39 is 76.5 Å². The molecule has 0 spiro atoms. The number of pyridine rings is 5. The van der Waals surface area contributed by atoms with E-state index in [9.17, 15) is 73.6 Å². The van der Waals surface area contributed by atoms with Crippen LogP contribution >= 0.6 is 76.1 Å². The van der Waals surface area contributed by atoms with Gasteiger partial charge < -0.3 is 107 Å². The molecule has 36 nitrogen and oxygen atoms in total. The van der Waals surface area contributed by atoms with E-state index in [0.717, 1.165) is 60.2 Å². The number of aromatic amines is 3. The Kier molecular flexibility index (Phi) is 56.8. The number of nitrogen functional groups attached to an aromatic ring is 1. The molecular formula is C82H106B2Br4ClF9N14O22V2-2. The van der Waals surface area contributed by atoms with Crippen molar-refractivity contribution in [3.8, 4) is 51.2 Å². The van der Waals surface area contributed by atoms with E-state index in [1.807, 2.05) is 61.7 Å². The number of fused-ring (bicyclic) bond motifs is 3. The molecule has 3 aromatic carbocycles. The predicted octanol–water partition coefficient (Wildman–Crippen LogP) is 18.2. The Labute approximate surface area is 840 Å². The Morgan fingerprint density at radius 2 is 0.882 bits per heavy atom. The number of anilines is 1. The number of nitrogens with zero attached hydrogens (tertiary/aromatic N) is 10. The summed E-state index contributed by atoms with van der Waals surface area (Å²) in [7, 11) is 1.63. The van der Waals surface area contributed by atoms with Gasteiger partial charge >= 0.3 is 44.6 Å². The number of nitrogens with two attached hydrogens (primary N) is 1. The zero-order chi connectivity index (χ0) is 93.3. The number of ether oxygens (including phenoxy) is 6. The SMILES string of the molecule is C.C.C.C.C.C.CCOC(C)(OCC)OCC.Cc1nc2c(=O)[nH]cc(Br)c2o1.Cc1nc2c(=O)n(-c3ccc(OC(F)(F)F)cc3)cc(-c3cnn(C)c3)c2o1.Cc1nc2c(=O)n(-c3ccc(OC(F)(F)F)cc3)cc(Br)c2o1.Cl.Cn1cc(B2OC(C)(C)C(C)(C)O2)cn1.Nc1c(O)c(Br)c[nH]c1=O.O=c1[nH]cc(Br)c(O)c1[N+](=O)[O-].OB(O)c1ccc(OC(F)(F)F)cc1.[CH3-].[CH3-].[V].[V]. The molecule has 2 radical (unpaired) electrons. The first-order chi connectivity index (χ1) is 58.2. The number of aromatic nitrogens is 12. The number of aryl methyl sites for hydroxylation is 5. The normalized spacial score (nSPS) is 11.7. The third-order valence-electron chi connectivity index (χ3n) is 16.6. The maximum Gasteiger partial charge on any atom is 0.573 e. The smallest absolute Gasteiger partial charge is 0.504 e. The molecule has 1 saturated heterocycles. The molecule has 54 heteroatoms. The average molecular weight is 2290 g/mol. The van der Waals surface area contributed by atoms with Gasteiger partial charge in [-0.3, -0.25) is 52.6 Å². The quantitative estimate of drug-likeness (QED) is 0.0118. The number of aromatic hydroxyl groups is 2. The van der Waals surface area contributed by atoms with Gasteiger partial charge in [-0.05, 0) is 178 Å². The van der Waals surface area contributed by atoms with Gasteiger partial charge in [0.2, 0.25) is 5.75 Å². The van der Waals surface area contributed by atoms with E-state index in [4.69, 9.17) is 62.8 Å². The topological polar surface area (TPSA) is 480 Å². The van der Waals surface area contributed by atoms with Crippen LogP contribution in [0.25, 0.3) is 55.8 Å². The molecule has 10 aromatic heterocycles. The van der Waals surface area contributed by atoms with Crippen LogP contribution in [0.3, 0.4) is 0 Å². The second-order valence-electron chi connectivity index (χ2n) is 26.4. The summed E-state index contributed by atoms with van der Waals surface area (Å²) in [5.74, 6) is -1.73. The van der Waals surface area contributed by atoms with Gasteiger partial charge in [0.1, 0.15) is 22.9 Å². The first kappa shape index (κ1) is 135. The van der Waals surface area contributed by atoms with Crippen molar-refractivity contribution in [1.29, 1.82) is 0 Å². The van der Waals surface area contributed by atoms with Crippen molar-refractivity contribution in [2.45, 2.75) is 157 Å². The summed E-state index contributed by atoms with van der Waals surface area (Å²) in [5.41, 5.74) is 5.82. The summed E-state index contributed by atoms with van der Waals surface area (Å²) in [6.45, 7) is 22.4. The van der Waals surface area contributed by atoms with Crippen molar-refractivity contribution in [1.82, 2.24) is 58.6 Å². The van der Waals surface area contributed by atoms with Crippen LogP contribution in [0.2, 0.25) is 0 Å². The molecular weight excluding hydrogens is 2180 g/mol. The fraction of sp³-hybridized carbons (Fsp3) is 0.341. The molecule has 0 unspecified atom stereocenters. The van der Waals surface area contributed by atoms with Gasteiger partial charge in [-0.25, -0.2) is 15.0 Å². The van der Waals surface area contributed by atoms with E-state index in [-0.39, 0.29) is 177 Å². The van der Waals surface area contributed by atoms with Gasteiger partial charge in [0.25, 0.3) is 28.2 Å². The van der Waals surface area contributed by atoms with Gasteiger partial charge in [-0.15, -0.1) is 51.9 Å². The molecule has 11 heterocycles. The van der Waals surface area contributed by atoms with E-state index in [1.165, 1.54) is 52.0 Å². The molecule has 0 aliphatic carbocycles. The fourth-order valence-corrected chi connectivity index (χ4v) is 11.9. The van der Waals surface area contributed by atoms with Gasteiger partial charge in [-0.1, -0.05) is 56.7 Å². The summed E-state index contributed by atoms with van der Waals surface area (Å²) in [6, 6.07) is 14.2. The summed E-state index contributed by atoms with van der Waals surface area (Å²) in [5, 5.41) is 53.7. The third kappa shape index (κ3) is 37.7. The van der Waals surface area contributed by atoms with Gasteiger partial charge in [-0.2, -0.15) is 10.2 Å². The first-order valence-corrected chi connectivity index (χ1v) is 39.0. The van der Waals surface area contributed by atoms with Crippen LogP contribution in [0.15, 0.2) is 184 Å². The maximum atomic E-state index is 12.9. The molecule has 752 valence electrons. The Hall–Kier alpha value is -9.96. The van der Waals surface area contributed by atoms with Gasteiger partial charge in [0.05, 0.1) is 40.2 Å². The molecule has 1 aliphatic heterocycles. The Bertz CT molecular complexity index is 6170. The number of alkyl halides is 9. The van der Waals surface area contributed by atoms with Gasteiger partial charge in [0.15, 0.2) is 56.7 Å². The minimum absolute atomic E-state index is 0. The maximum absolute atomic E-state index is 12.9. The Balaban J connectivity index is -0.000000487. The standard InChI is InChI=1S/C18H13F3N4O3.C14H8BrF3N2O3.C10H17BN2O2.C8H18O3.C7H6BF3O3.C7H5BrN2O2.C5H3BrN2O4.C5H5BrN2O2.6CH4.2CH3.ClH.2V/c1-10-23-15-16(27-10)14(11-7-22-24(2)8-11)9-25(17(15)26)12-3-5-13(6-4-12)28-18(19,20)21;1-7-19-11-12(22-7)10(15)6-20(13(11)21)8-2-4-9(5-3-8)23-14(16,17)18;1-9(2)10(3,4)15-11(14-9)8-6-12-13(5)7-8;1-5-9-8(4,10-6-2)11-7-3;9-7(10,11)14-6-3-1-5(2-4-6)8(12)13;1-3-10-5-6(12-3)4(8)2-9-7(5)11;6-2-1-7-5(10)3(4(2)9)8(11)12;6-2-1-8-5(10)3(7)4(2)9;;;;;;;;;;;/h3-9H,1-2H3;2-6H,1H3;6-7H,1-5H3;5-7H2,1-4H3;1-4,12-13H;2H,1H3,(H,9,11);1H,(H2,7,9,10);1H,7H2,(H2,8,9,10);6*1H4;2*1H3;1H;;/q;;;;;;;;;;;;;;2*-1;;;. The van der Waals surface area contributed by atoms with Crippen molar-refractivity contribution in [3.05, 3.63) is 241 Å². The van der Waals surface area contributed by atoms with Crippen molar-refractivity contribution < 1.29 is 153 Å². The summed E-state index contributed by atoms with van der Waals surface area (Å²) >= 11 is 12.3. The van der Waals surface area contributed by atoms with Crippen LogP contribution < -0.4 is 58.7 Å². The van der Waals surface area contributed by atoms with Crippen LogP contribution in [0.5, 0.6) is 28.7 Å². The average Bonchev–Trinajstić information content (AvgIpc) is 1.56. The molecule has 0 atom stereocenters. The number of nitro groups is 1. The van der Waals surface area contributed by atoms with E-state index in [1.54, 1.807) is 68.9 Å². The molecule has 0 saturated carbocycles. The number of H-pyrrole nitrogens is 3. The molecule has 1 fully saturated rings. The molecule has 9 N–H and O–H groups in total. The molecule has 136 heavy (non-hydrogen) atoms. The minimum Gasteiger partial charge on any atom is -0.504 e. The van der Waals surface area contributed by atoms with Crippen LogP contribution in [0.4, 0.5) is 50.9 Å². The number of oxazole rings is 3. The zero-order valence-corrected chi connectivity index (χ0v) is 80.8. The number of hydrogen-bond acceptors (Lipinski definition) is 28. The second-order valence-corrected chi connectivity index (χ2v) is 29.8. The molecule has 14 rings (SSSR count). The number of hydrogen-bond donors (Lipinski definition) is 8. The van der Waals surface area contributed by atoms with E-state index in [2.05, 4.69) is 118 Å². The molecule has 13 aromatic rings. The van der Waals surface area contributed by atoms with Gasteiger partial charge in [0, 0.05) is 176 Å². The Morgan fingerprint density at radius 3 is 1.24 bits per heavy atom. The number of nitrogens with one attached hydrogen (secondary N) is 3. The molecule has 0 amide bonds. The van der Waals surface area contributed by atoms with Crippen molar-refractivity contribution in [3.63, 3.8) is 0 Å². The van der Waals surface area contributed by atoms with Crippen LogP contribution in [-0.4, -0.2) is 154 Å². The first-order valence-electron chi connectivity index (χ1n) is 35.8.